The fraction of sp³-hybridized carbons (Fsp3) is 0.0769. The molecule has 0 unspecified atom stereocenters. The minimum atomic E-state index is -1.14. The van der Waals surface area contributed by atoms with Crippen molar-refractivity contribution in [2.24, 2.45) is 0 Å². The highest BCUT2D eigenvalue weighted by molar-refractivity contribution is 7.14. The zero-order chi connectivity index (χ0) is 16.4. The van der Waals surface area contributed by atoms with Gasteiger partial charge in [0.05, 0.1) is 28.3 Å². The van der Waals surface area contributed by atoms with E-state index in [1.807, 2.05) is 0 Å². The topological polar surface area (TPSA) is 75.6 Å². The van der Waals surface area contributed by atoms with Gasteiger partial charge in [0, 0.05) is 0 Å². The SMILES string of the molecule is COc1c(Cl)c(Cl)cc(C(=O)Nc2sccc2C(=O)O)c1Cl. The summed E-state index contributed by atoms with van der Waals surface area (Å²) in [5, 5.41) is 13.4. The molecule has 0 radical (unpaired) electrons. The molecular weight excluding hydrogens is 373 g/mol. The molecule has 0 saturated heterocycles. The molecule has 5 nitrogen and oxygen atoms in total. The Labute approximate surface area is 144 Å². The third kappa shape index (κ3) is 3.15. The van der Waals surface area contributed by atoms with Crippen LogP contribution in [0, 0.1) is 0 Å². The van der Waals surface area contributed by atoms with Gasteiger partial charge in [-0.05, 0) is 17.5 Å². The number of aromatic carboxylic acids is 1. The average molecular weight is 381 g/mol. The molecule has 0 fully saturated rings. The van der Waals surface area contributed by atoms with Crippen LogP contribution in [-0.2, 0) is 0 Å². The summed E-state index contributed by atoms with van der Waals surface area (Å²) in [5.74, 6) is -1.69. The van der Waals surface area contributed by atoms with E-state index in [1.165, 1.54) is 19.2 Å². The van der Waals surface area contributed by atoms with Gasteiger partial charge >= 0.3 is 5.97 Å². The van der Waals surface area contributed by atoms with Gasteiger partial charge in [0.25, 0.3) is 5.91 Å². The maximum Gasteiger partial charge on any atom is 0.338 e. The standard InChI is InChI=1S/C13H8Cl3NO4S/c1-21-10-8(15)6(4-7(14)9(10)16)11(18)17-12-5(13(19)20)2-3-22-12/h2-4H,1H3,(H,17,18)(H,19,20). The molecule has 2 rings (SSSR count). The van der Waals surface area contributed by atoms with E-state index in [0.717, 1.165) is 11.3 Å². The van der Waals surface area contributed by atoms with Crippen molar-refractivity contribution in [2.45, 2.75) is 0 Å². The summed E-state index contributed by atoms with van der Waals surface area (Å²) in [6, 6.07) is 2.68. The molecule has 1 amide bonds. The summed E-state index contributed by atoms with van der Waals surface area (Å²) in [5.41, 5.74) is 0.0131. The van der Waals surface area contributed by atoms with Crippen LogP contribution in [-0.4, -0.2) is 24.1 Å². The highest BCUT2D eigenvalue weighted by Crippen LogP contribution is 2.40. The minimum absolute atomic E-state index is 0.0113. The van der Waals surface area contributed by atoms with E-state index in [0.29, 0.717) is 0 Å². The number of hydrogen-bond acceptors (Lipinski definition) is 4. The summed E-state index contributed by atoms with van der Waals surface area (Å²) < 4.78 is 5.02. The Morgan fingerprint density at radius 3 is 2.50 bits per heavy atom. The second-order valence-electron chi connectivity index (χ2n) is 3.99. The molecule has 1 heterocycles. The highest BCUT2D eigenvalue weighted by atomic mass is 35.5. The fourth-order valence-electron chi connectivity index (χ4n) is 1.67. The van der Waals surface area contributed by atoms with Crippen molar-refractivity contribution in [3.8, 4) is 5.75 Å². The third-order valence-corrected chi connectivity index (χ3v) is 4.66. The molecule has 2 aromatic rings. The normalized spacial score (nSPS) is 10.4. The summed E-state index contributed by atoms with van der Waals surface area (Å²) in [7, 11) is 1.34. The molecule has 116 valence electrons. The molecule has 0 spiro atoms. The summed E-state index contributed by atoms with van der Waals surface area (Å²) in [6.07, 6.45) is 0. The number of hydrogen-bond donors (Lipinski definition) is 2. The van der Waals surface area contributed by atoms with Gasteiger partial charge in [-0.3, -0.25) is 4.79 Å². The van der Waals surface area contributed by atoms with Gasteiger partial charge in [0.1, 0.15) is 10.0 Å². The number of nitrogens with one attached hydrogen (secondary N) is 1. The number of amides is 1. The van der Waals surface area contributed by atoms with Gasteiger partial charge in [0.15, 0.2) is 5.75 Å². The van der Waals surface area contributed by atoms with Crippen LogP contribution < -0.4 is 10.1 Å². The third-order valence-electron chi connectivity index (χ3n) is 2.69. The number of anilines is 1. The van der Waals surface area contributed by atoms with Crippen LogP contribution in [0.15, 0.2) is 17.5 Å². The number of halogens is 3. The van der Waals surface area contributed by atoms with E-state index in [-0.39, 0.29) is 36.9 Å². The van der Waals surface area contributed by atoms with Gasteiger partial charge in [-0.1, -0.05) is 34.8 Å². The molecule has 0 saturated carbocycles. The Hall–Kier alpha value is -1.47. The molecule has 1 aromatic carbocycles. The van der Waals surface area contributed by atoms with E-state index in [2.05, 4.69) is 5.32 Å². The predicted octanol–water partition coefficient (Wildman–Crippen LogP) is 4.67. The molecule has 22 heavy (non-hydrogen) atoms. The van der Waals surface area contributed by atoms with Crippen molar-refractivity contribution in [2.75, 3.05) is 12.4 Å². The van der Waals surface area contributed by atoms with Gasteiger partial charge in [-0.25, -0.2) is 4.79 Å². The van der Waals surface area contributed by atoms with E-state index in [4.69, 9.17) is 44.6 Å². The van der Waals surface area contributed by atoms with Crippen LogP contribution in [0.2, 0.25) is 15.1 Å². The van der Waals surface area contributed by atoms with Gasteiger partial charge < -0.3 is 15.2 Å². The fourth-order valence-corrected chi connectivity index (χ4v) is 3.23. The Morgan fingerprint density at radius 1 is 1.23 bits per heavy atom. The number of carboxylic acid groups (broad SMARTS) is 1. The lowest BCUT2D eigenvalue weighted by atomic mass is 10.2. The zero-order valence-electron chi connectivity index (χ0n) is 10.9. The Kier molecular flexibility index (Phi) is 5.18. The first-order chi connectivity index (χ1) is 10.4. The molecule has 1 aromatic heterocycles. The van der Waals surface area contributed by atoms with Crippen molar-refractivity contribution in [1.29, 1.82) is 0 Å². The number of methoxy groups -OCH3 is 1. The molecule has 9 heteroatoms. The molecule has 0 aliphatic rings. The highest BCUT2D eigenvalue weighted by Gasteiger charge is 2.22. The van der Waals surface area contributed by atoms with Crippen LogP contribution in [0.1, 0.15) is 20.7 Å². The lowest BCUT2D eigenvalue weighted by Gasteiger charge is -2.12. The van der Waals surface area contributed by atoms with E-state index in [1.54, 1.807) is 5.38 Å². The number of rotatable bonds is 4. The summed E-state index contributed by atoms with van der Waals surface area (Å²) in [6.45, 7) is 0. The first-order valence-corrected chi connectivity index (χ1v) is 7.71. The van der Waals surface area contributed by atoms with Crippen LogP contribution in [0.5, 0.6) is 5.75 Å². The minimum Gasteiger partial charge on any atom is -0.494 e. The van der Waals surface area contributed by atoms with Crippen molar-refractivity contribution >= 4 is 63.0 Å². The quantitative estimate of drug-likeness (QED) is 0.756. The van der Waals surface area contributed by atoms with Crippen molar-refractivity contribution < 1.29 is 19.4 Å². The van der Waals surface area contributed by atoms with Crippen molar-refractivity contribution in [3.63, 3.8) is 0 Å². The first kappa shape index (κ1) is 16.9. The van der Waals surface area contributed by atoms with Gasteiger partial charge in [-0.15, -0.1) is 11.3 Å². The Morgan fingerprint density at radius 2 is 1.91 bits per heavy atom. The smallest absolute Gasteiger partial charge is 0.338 e. The molecule has 0 aliphatic heterocycles. The second-order valence-corrected chi connectivity index (χ2v) is 6.07. The second kappa shape index (κ2) is 6.75. The van der Waals surface area contributed by atoms with E-state index >= 15 is 0 Å². The number of carbonyl (C=O) groups excluding carboxylic acids is 1. The van der Waals surface area contributed by atoms with Crippen LogP contribution in [0.4, 0.5) is 5.00 Å². The van der Waals surface area contributed by atoms with Crippen LogP contribution >= 0.6 is 46.1 Å². The lowest BCUT2D eigenvalue weighted by molar-refractivity contribution is 0.0698. The lowest BCUT2D eigenvalue weighted by Crippen LogP contribution is -2.14. The monoisotopic (exact) mass is 379 g/mol. The Balaban J connectivity index is 2.40. The number of carbonyl (C=O) groups is 2. The maximum atomic E-state index is 12.3. The van der Waals surface area contributed by atoms with Gasteiger partial charge in [0.2, 0.25) is 0 Å². The van der Waals surface area contributed by atoms with E-state index < -0.39 is 11.9 Å². The largest absolute Gasteiger partial charge is 0.494 e. The zero-order valence-corrected chi connectivity index (χ0v) is 14.0. The summed E-state index contributed by atoms with van der Waals surface area (Å²) >= 11 is 19.0. The van der Waals surface area contributed by atoms with Crippen LogP contribution in [0.3, 0.4) is 0 Å². The van der Waals surface area contributed by atoms with Crippen molar-refractivity contribution in [1.82, 2.24) is 0 Å². The molecule has 0 aliphatic carbocycles. The first-order valence-electron chi connectivity index (χ1n) is 5.70. The van der Waals surface area contributed by atoms with E-state index in [9.17, 15) is 9.59 Å². The summed E-state index contributed by atoms with van der Waals surface area (Å²) in [4.78, 5) is 23.3. The number of benzene rings is 1. The van der Waals surface area contributed by atoms with Crippen molar-refractivity contribution in [3.05, 3.63) is 43.7 Å². The molecule has 0 bridgehead atoms. The maximum absolute atomic E-state index is 12.3. The number of ether oxygens (including phenoxy) is 1. The van der Waals surface area contributed by atoms with Gasteiger partial charge in [-0.2, -0.15) is 0 Å². The van der Waals surface area contributed by atoms with Crippen LogP contribution in [0.25, 0.3) is 0 Å². The molecular formula is C13H8Cl3NO4S. The molecule has 2 N–H and O–H groups in total. The number of carboxylic acids is 1. The Bertz CT molecular complexity index is 760. The molecule has 0 atom stereocenters. The number of thiophene rings is 1. The predicted molar refractivity (Wildman–Crippen MR) is 87.3 cm³/mol. The average Bonchev–Trinajstić information content (AvgIpc) is 2.91.